The van der Waals surface area contributed by atoms with Crippen molar-refractivity contribution in [3.8, 4) is 0 Å². The van der Waals surface area contributed by atoms with Gasteiger partial charge in [0.25, 0.3) is 0 Å². The van der Waals surface area contributed by atoms with E-state index >= 15 is 0 Å². The van der Waals surface area contributed by atoms with Crippen LogP contribution in [0.1, 0.15) is 26.7 Å². The summed E-state index contributed by atoms with van der Waals surface area (Å²) in [4.78, 5) is 21.6. The highest BCUT2D eigenvalue weighted by molar-refractivity contribution is 5.66. The van der Waals surface area contributed by atoms with E-state index in [0.717, 1.165) is 0 Å². The molecule has 0 amide bonds. The van der Waals surface area contributed by atoms with Crippen LogP contribution in [0.4, 0.5) is 0 Å². The SMILES string of the molecule is CC(C)(CCC(=O)O)n1cn[nH]c1=O. The third-order valence-electron chi connectivity index (χ3n) is 2.16. The third-order valence-corrected chi connectivity index (χ3v) is 2.16. The summed E-state index contributed by atoms with van der Waals surface area (Å²) in [5.74, 6) is -0.866. The van der Waals surface area contributed by atoms with E-state index in [1.165, 1.54) is 10.9 Å². The predicted molar refractivity (Wildman–Crippen MR) is 49.0 cm³/mol. The zero-order valence-corrected chi connectivity index (χ0v) is 8.15. The Morgan fingerprint density at radius 1 is 1.71 bits per heavy atom. The summed E-state index contributed by atoms with van der Waals surface area (Å²) in [7, 11) is 0. The molecule has 0 aromatic carbocycles. The summed E-state index contributed by atoms with van der Waals surface area (Å²) in [6, 6.07) is 0. The van der Waals surface area contributed by atoms with E-state index in [1.54, 1.807) is 13.8 Å². The van der Waals surface area contributed by atoms with Gasteiger partial charge in [-0.15, -0.1) is 0 Å². The van der Waals surface area contributed by atoms with Crippen molar-refractivity contribution in [3.05, 3.63) is 16.8 Å². The molecule has 0 radical (unpaired) electrons. The van der Waals surface area contributed by atoms with Crippen LogP contribution in [0.2, 0.25) is 0 Å². The molecule has 0 aliphatic carbocycles. The number of hydrogen-bond donors (Lipinski definition) is 2. The molecule has 78 valence electrons. The molecule has 0 bridgehead atoms. The van der Waals surface area contributed by atoms with Gasteiger partial charge in [-0.25, -0.2) is 9.89 Å². The third kappa shape index (κ3) is 2.21. The van der Waals surface area contributed by atoms with E-state index in [1.807, 2.05) is 0 Å². The number of hydrogen-bond acceptors (Lipinski definition) is 3. The topological polar surface area (TPSA) is 88.0 Å². The molecule has 0 saturated carbocycles. The number of rotatable bonds is 4. The van der Waals surface area contributed by atoms with Crippen molar-refractivity contribution >= 4 is 5.97 Å². The van der Waals surface area contributed by atoms with Gasteiger partial charge in [0.2, 0.25) is 0 Å². The highest BCUT2D eigenvalue weighted by atomic mass is 16.4. The van der Waals surface area contributed by atoms with Crippen LogP contribution < -0.4 is 5.69 Å². The van der Waals surface area contributed by atoms with E-state index in [-0.39, 0.29) is 12.1 Å². The minimum atomic E-state index is -0.866. The molecule has 14 heavy (non-hydrogen) atoms. The fourth-order valence-electron chi connectivity index (χ4n) is 1.21. The zero-order valence-electron chi connectivity index (χ0n) is 8.15. The summed E-state index contributed by atoms with van der Waals surface area (Å²) < 4.78 is 1.40. The molecule has 2 N–H and O–H groups in total. The van der Waals surface area contributed by atoms with Crippen molar-refractivity contribution in [1.29, 1.82) is 0 Å². The molecule has 0 aliphatic heterocycles. The van der Waals surface area contributed by atoms with Gasteiger partial charge in [0.1, 0.15) is 6.33 Å². The Kier molecular flexibility index (Phi) is 2.73. The minimum Gasteiger partial charge on any atom is -0.481 e. The molecule has 1 aromatic rings. The number of nitrogens with one attached hydrogen (secondary N) is 1. The number of nitrogens with zero attached hydrogens (tertiary/aromatic N) is 2. The Morgan fingerprint density at radius 3 is 2.79 bits per heavy atom. The summed E-state index contributed by atoms with van der Waals surface area (Å²) in [6.07, 6.45) is 1.80. The summed E-state index contributed by atoms with van der Waals surface area (Å²) >= 11 is 0. The van der Waals surface area contributed by atoms with Gasteiger partial charge < -0.3 is 5.11 Å². The second-order valence-electron chi connectivity index (χ2n) is 3.74. The lowest BCUT2D eigenvalue weighted by Crippen LogP contribution is -2.34. The monoisotopic (exact) mass is 199 g/mol. The first-order chi connectivity index (χ1) is 6.43. The van der Waals surface area contributed by atoms with Crippen molar-refractivity contribution in [1.82, 2.24) is 14.8 Å². The normalized spacial score (nSPS) is 11.6. The van der Waals surface area contributed by atoms with Crippen LogP contribution >= 0.6 is 0 Å². The van der Waals surface area contributed by atoms with Crippen molar-refractivity contribution in [3.63, 3.8) is 0 Å². The van der Waals surface area contributed by atoms with Crippen LogP contribution in [0.15, 0.2) is 11.1 Å². The largest absolute Gasteiger partial charge is 0.481 e. The number of H-pyrrole nitrogens is 1. The van der Waals surface area contributed by atoms with Crippen LogP contribution in [0.3, 0.4) is 0 Å². The number of carbonyl (C=O) groups is 1. The molecular weight excluding hydrogens is 186 g/mol. The number of carboxylic acids is 1. The maximum atomic E-state index is 11.2. The smallest absolute Gasteiger partial charge is 0.343 e. The van der Waals surface area contributed by atoms with Crippen molar-refractivity contribution in [2.45, 2.75) is 32.2 Å². The predicted octanol–water partition coefficient (Wildman–Crippen LogP) is 0.171. The van der Waals surface area contributed by atoms with E-state index in [0.29, 0.717) is 6.42 Å². The van der Waals surface area contributed by atoms with Crippen LogP contribution in [0.25, 0.3) is 0 Å². The fraction of sp³-hybridized carbons (Fsp3) is 0.625. The van der Waals surface area contributed by atoms with Crippen molar-refractivity contribution < 1.29 is 9.90 Å². The van der Waals surface area contributed by atoms with Gasteiger partial charge in [-0.05, 0) is 20.3 Å². The Balaban J connectivity index is 2.80. The summed E-state index contributed by atoms with van der Waals surface area (Å²) in [6.45, 7) is 3.60. The van der Waals surface area contributed by atoms with Crippen molar-refractivity contribution in [2.75, 3.05) is 0 Å². The number of aliphatic carboxylic acids is 1. The van der Waals surface area contributed by atoms with Crippen LogP contribution in [0.5, 0.6) is 0 Å². The Hall–Kier alpha value is -1.59. The number of aromatic nitrogens is 3. The molecule has 0 saturated heterocycles. The molecule has 0 atom stereocenters. The standard InChI is InChI=1S/C8H13N3O3/c1-8(2,4-3-6(12)13)11-5-9-10-7(11)14/h5H,3-4H2,1-2H3,(H,10,14)(H,12,13). The van der Waals surface area contributed by atoms with E-state index in [2.05, 4.69) is 10.2 Å². The Labute approximate surface area is 80.6 Å². The molecule has 0 fully saturated rings. The second kappa shape index (κ2) is 3.65. The average Bonchev–Trinajstić information content (AvgIpc) is 2.48. The van der Waals surface area contributed by atoms with Gasteiger partial charge in [-0.2, -0.15) is 5.10 Å². The van der Waals surface area contributed by atoms with E-state index < -0.39 is 11.5 Å². The summed E-state index contributed by atoms with van der Waals surface area (Å²) in [5.41, 5.74) is -0.844. The van der Waals surface area contributed by atoms with Gasteiger partial charge in [-0.3, -0.25) is 9.36 Å². The Morgan fingerprint density at radius 2 is 2.36 bits per heavy atom. The quantitative estimate of drug-likeness (QED) is 0.723. The second-order valence-corrected chi connectivity index (χ2v) is 3.74. The molecule has 1 rings (SSSR count). The van der Waals surface area contributed by atoms with Gasteiger partial charge in [0, 0.05) is 12.0 Å². The van der Waals surface area contributed by atoms with Gasteiger partial charge >= 0.3 is 11.7 Å². The number of aromatic amines is 1. The summed E-state index contributed by atoms with van der Waals surface area (Å²) in [5, 5.41) is 14.4. The average molecular weight is 199 g/mol. The maximum Gasteiger partial charge on any atom is 0.343 e. The van der Waals surface area contributed by atoms with E-state index in [4.69, 9.17) is 5.11 Å². The van der Waals surface area contributed by atoms with Crippen LogP contribution in [-0.4, -0.2) is 25.8 Å². The van der Waals surface area contributed by atoms with Crippen LogP contribution in [-0.2, 0) is 10.3 Å². The lowest BCUT2D eigenvalue weighted by atomic mass is 9.98. The molecule has 0 aliphatic rings. The lowest BCUT2D eigenvalue weighted by molar-refractivity contribution is -0.137. The van der Waals surface area contributed by atoms with Crippen LogP contribution in [0, 0.1) is 0 Å². The van der Waals surface area contributed by atoms with Gasteiger partial charge in [0.15, 0.2) is 0 Å². The maximum absolute atomic E-state index is 11.2. The van der Waals surface area contributed by atoms with E-state index in [9.17, 15) is 9.59 Å². The van der Waals surface area contributed by atoms with Gasteiger partial charge in [-0.1, -0.05) is 0 Å². The first kappa shape index (κ1) is 10.5. The number of carboxylic acid groups (broad SMARTS) is 1. The zero-order chi connectivity index (χ0) is 10.8. The highest BCUT2D eigenvalue weighted by Gasteiger charge is 2.23. The molecule has 0 unspecified atom stereocenters. The molecule has 6 nitrogen and oxygen atoms in total. The minimum absolute atomic E-state index is 0.0324. The van der Waals surface area contributed by atoms with Crippen molar-refractivity contribution in [2.24, 2.45) is 0 Å². The molecular formula is C8H13N3O3. The molecule has 0 spiro atoms. The first-order valence-electron chi connectivity index (χ1n) is 4.28. The van der Waals surface area contributed by atoms with Gasteiger partial charge in [0.05, 0.1) is 0 Å². The molecule has 6 heteroatoms. The molecule has 1 aromatic heterocycles. The first-order valence-corrected chi connectivity index (χ1v) is 4.28. The fourth-order valence-corrected chi connectivity index (χ4v) is 1.21. The lowest BCUT2D eigenvalue weighted by Gasteiger charge is -2.23. The highest BCUT2D eigenvalue weighted by Crippen LogP contribution is 2.18. The Bertz CT molecular complexity index is 377. The molecule has 1 heterocycles.